The average molecular weight is 259 g/mol. The zero-order valence-corrected chi connectivity index (χ0v) is 9.66. The summed E-state index contributed by atoms with van der Waals surface area (Å²) < 4.78 is 5.39. The lowest BCUT2D eigenvalue weighted by atomic mass is 10.3. The Balaban J connectivity index is 1.89. The van der Waals surface area contributed by atoms with E-state index >= 15 is 0 Å². The fraction of sp³-hybridized carbons (Fsp3) is 0.0909. The summed E-state index contributed by atoms with van der Waals surface area (Å²) >= 11 is 0. The number of hydrogen-bond donors (Lipinski definition) is 2. The number of aromatic amines is 1. The van der Waals surface area contributed by atoms with Crippen molar-refractivity contribution < 1.29 is 9.34 Å². The van der Waals surface area contributed by atoms with Gasteiger partial charge in [0.2, 0.25) is 0 Å². The molecule has 2 heterocycles. The van der Waals surface area contributed by atoms with E-state index < -0.39 is 4.92 Å². The van der Waals surface area contributed by atoms with E-state index in [0.29, 0.717) is 12.1 Å². The van der Waals surface area contributed by atoms with Gasteiger partial charge in [0, 0.05) is 18.5 Å². The number of H-pyrrole nitrogens is 1. The number of anilines is 1. The Kier molecular flexibility index (Phi) is 2.60. The Morgan fingerprint density at radius 3 is 3.11 bits per heavy atom. The predicted octanol–water partition coefficient (Wildman–Crippen LogP) is 2.07. The maximum Gasteiger partial charge on any atom is 0.298 e. The van der Waals surface area contributed by atoms with Crippen LogP contribution in [-0.2, 0) is 6.54 Å². The highest BCUT2D eigenvalue weighted by atomic mass is 16.6. The van der Waals surface area contributed by atoms with E-state index in [1.807, 2.05) is 0 Å². The number of oxazole rings is 1. The third-order valence-corrected chi connectivity index (χ3v) is 2.56. The highest BCUT2D eigenvalue weighted by Gasteiger charge is 2.17. The minimum absolute atomic E-state index is 0.0766. The van der Waals surface area contributed by atoms with E-state index in [9.17, 15) is 10.1 Å². The standard InChI is InChI=1S/C11H9N5O3/c17-16(18)7-2-1-3-8-10(7)15-11(19-8)14-6-9-12-4-5-13-9/h1-5H,6H2,(H,12,13)(H,14,15). The molecule has 0 spiro atoms. The SMILES string of the molecule is O=[N+]([O-])c1cccc2oc(NCc3ncc[nH]3)nc12. The van der Waals surface area contributed by atoms with Gasteiger partial charge >= 0.3 is 0 Å². The van der Waals surface area contributed by atoms with Gasteiger partial charge in [-0.15, -0.1) is 0 Å². The molecule has 3 rings (SSSR count). The number of nitrogens with zero attached hydrogens (tertiary/aromatic N) is 3. The zero-order valence-electron chi connectivity index (χ0n) is 9.66. The quantitative estimate of drug-likeness (QED) is 0.548. The van der Waals surface area contributed by atoms with Crippen molar-refractivity contribution in [1.82, 2.24) is 15.0 Å². The van der Waals surface area contributed by atoms with E-state index in [1.54, 1.807) is 24.5 Å². The molecule has 0 radical (unpaired) electrons. The van der Waals surface area contributed by atoms with Crippen molar-refractivity contribution in [3.63, 3.8) is 0 Å². The van der Waals surface area contributed by atoms with Crippen molar-refractivity contribution in [2.24, 2.45) is 0 Å². The summed E-state index contributed by atoms with van der Waals surface area (Å²) in [5.41, 5.74) is 0.526. The number of benzene rings is 1. The first-order valence-electron chi connectivity index (χ1n) is 5.50. The molecule has 1 aromatic carbocycles. The molecule has 0 saturated heterocycles. The molecular formula is C11H9N5O3. The van der Waals surface area contributed by atoms with Gasteiger partial charge < -0.3 is 14.7 Å². The molecule has 19 heavy (non-hydrogen) atoms. The van der Waals surface area contributed by atoms with Gasteiger partial charge in [-0.2, -0.15) is 4.98 Å². The first kappa shape index (κ1) is 11.2. The zero-order chi connectivity index (χ0) is 13.2. The first-order valence-corrected chi connectivity index (χ1v) is 5.50. The van der Waals surface area contributed by atoms with Crippen molar-refractivity contribution in [2.45, 2.75) is 6.54 Å². The van der Waals surface area contributed by atoms with Crippen LogP contribution in [0.5, 0.6) is 0 Å². The Morgan fingerprint density at radius 2 is 2.37 bits per heavy atom. The fourth-order valence-electron chi connectivity index (χ4n) is 1.71. The Hall–Kier alpha value is -2.90. The molecule has 0 fully saturated rings. The molecule has 0 aliphatic heterocycles. The van der Waals surface area contributed by atoms with Gasteiger partial charge in [0.15, 0.2) is 11.1 Å². The molecule has 0 amide bonds. The summed E-state index contributed by atoms with van der Waals surface area (Å²) in [6, 6.07) is 4.80. The third kappa shape index (κ3) is 2.10. The van der Waals surface area contributed by atoms with E-state index in [4.69, 9.17) is 4.42 Å². The summed E-state index contributed by atoms with van der Waals surface area (Å²) in [7, 11) is 0. The maximum absolute atomic E-state index is 10.9. The minimum atomic E-state index is -0.485. The first-order chi connectivity index (χ1) is 9.24. The molecule has 0 aliphatic rings. The van der Waals surface area contributed by atoms with Crippen LogP contribution >= 0.6 is 0 Å². The average Bonchev–Trinajstić information content (AvgIpc) is 3.04. The van der Waals surface area contributed by atoms with Crippen LogP contribution in [-0.4, -0.2) is 19.9 Å². The molecule has 0 bridgehead atoms. The molecule has 0 unspecified atom stereocenters. The van der Waals surface area contributed by atoms with Gasteiger partial charge in [-0.3, -0.25) is 10.1 Å². The predicted molar refractivity (Wildman–Crippen MR) is 66.6 cm³/mol. The topological polar surface area (TPSA) is 110 Å². The maximum atomic E-state index is 10.9. The van der Waals surface area contributed by atoms with Crippen molar-refractivity contribution in [1.29, 1.82) is 0 Å². The Labute approximate surface area is 106 Å². The molecule has 2 aromatic heterocycles. The Morgan fingerprint density at radius 1 is 1.47 bits per heavy atom. The number of nitro benzene ring substituents is 1. The van der Waals surface area contributed by atoms with Crippen molar-refractivity contribution in [2.75, 3.05) is 5.32 Å². The molecule has 0 aliphatic carbocycles. The summed E-state index contributed by atoms with van der Waals surface area (Å²) in [6.45, 7) is 0.396. The fourth-order valence-corrected chi connectivity index (χ4v) is 1.71. The van der Waals surface area contributed by atoms with Crippen LogP contribution in [0.1, 0.15) is 5.82 Å². The van der Waals surface area contributed by atoms with Gasteiger partial charge in [-0.05, 0) is 6.07 Å². The highest BCUT2D eigenvalue weighted by molar-refractivity contribution is 5.83. The van der Waals surface area contributed by atoms with Crippen LogP contribution in [0.3, 0.4) is 0 Å². The molecule has 3 aromatic rings. The van der Waals surface area contributed by atoms with Crippen molar-refractivity contribution in [3.05, 3.63) is 46.5 Å². The van der Waals surface area contributed by atoms with Gasteiger partial charge in [-0.25, -0.2) is 4.98 Å². The van der Waals surface area contributed by atoms with Crippen LogP contribution in [0, 0.1) is 10.1 Å². The number of aromatic nitrogens is 3. The smallest absolute Gasteiger partial charge is 0.298 e. The van der Waals surface area contributed by atoms with Gasteiger partial charge in [-0.1, -0.05) is 6.07 Å². The Bertz CT molecular complexity index is 719. The number of non-ortho nitro benzene ring substituents is 1. The number of nitro groups is 1. The van der Waals surface area contributed by atoms with Gasteiger partial charge in [0.25, 0.3) is 11.7 Å². The third-order valence-electron chi connectivity index (χ3n) is 2.56. The molecule has 8 nitrogen and oxygen atoms in total. The van der Waals surface area contributed by atoms with Crippen molar-refractivity contribution >= 4 is 22.8 Å². The number of imidazole rings is 1. The second-order valence-electron chi connectivity index (χ2n) is 3.79. The van der Waals surface area contributed by atoms with E-state index in [2.05, 4.69) is 20.3 Å². The molecular weight excluding hydrogens is 250 g/mol. The molecule has 0 saturated carbocycles. The number of hydrogen-bond acceptors (Lipinski definition) is 6. The second-order valence-corrected chi connectivity index (χ2v) is 3.79. The summed E-state index contributed by atoms with van der Waals surface area (Å²) in [4.78, 5) is 21.4. The van der Waals surface area contributed by atoms with E-state index in [-0.39, 0.29) is 17.2 Å². The lowest BCUT2D eigenvalue weighted by Gasteiger charge is -1.96. The molecule has 0 atom stereocenters. The summed E-state index contributed by atoms with van der Waals surface area (Å²) in [6.07, 6.45) is 3.34. The van der Waals surface area contributed by atoms with E-state index in [1.165, 1.54) is 6.07 Å². The normalized spacial score (nSPS) is 10.7. The summed E-state index contributed by atoms with van der Waals surface area (Å²) in [5, 5.41) is 13.8. The number of fused-ring (bicyclic) bond motifs is 1. The van der Waals surface area contributed by atoms with Gasteiger partial charge in [0.05, 0.1) is 11.5 Å². The number of nitrogens with one attached hydrogen (secondary N) is 2. The van der Waals surface area contributed by atoms with Crippen LogP contribution in [0.15, 0.2) is 35.0 Å². The van der Waals surface area contributed by atoms with Crippen LogP contribution in [0.2, 0.25) is 0 Å². The highest BCUT2D eigenvalue weighted by Crippen LogP contribution is 2.27. The van der Waals surface area contributed by atoms with E-state index in [0.717, 1.165) is 5.82 Å². The largest absolute Gasteiger partial charge is 0.423 e. The lowest BCUT2D eigenvalue weighted by molar-refractivity contribution is -0.383. The van der Waals surface area contributed by atoms with Crippen LogP contribution < -0.4 is 5.32 Å². The summed E-state index contributed by atoms with van der Waals surface area (Å²) in [5.74, 6) is 0.719. The molecule has 2 N–H and O–H groups in total. The monoisotopic (exact) mass is 259 g/mol. The molecule has 96 valence electrons. The van der Waals surface area contributed by atoms with Crippen molar-refractivity contribution in [3.8, 4) is 0 Å². The number of rotatable bonds is 4. The van der Waals surface area contributed by atoms with Crippen LogP contribution in [0.4, 0.5) is 11.7 Å². The lowest BCUT2D eigenvalue weighted by Crippen LogP contribution is -2.01. The second kappa shape index (κ2) is 4.41. The van der Waals surface area contributed by atoms with Gasteiger partial charge in [0.1, 0.15) is 5.82 Å². The minimum Gasteiger partial charge on any atom is -0.423 e. The number of para-hydroxylation sites is 1. The van der Waals surface area contributed by atoms with Crippen LogP contribution in [0.25, 0.3) is 11.1 Å². The molecule has 8 heteroatoms.